The van der Waals surface area contributed by atoms with Gasteiger partial charge in [0, 0.05) is 45.6 Å². The predicted molar refractivity (Wildman–Crippen MR) is 246 cm³/mol. The zero-order valence-electron chi connectivity index (χ0n) is 35.4. The van der Waals surface area contributed by atoms with E-state index >= 15 is 0 Å². The van der Waals surface area contributed by atoms with Crippen LogP contribution in [0.3, 0.4) is 0 Å². The molecule has 0 radical (unpaired) electrons. The fourth-order valence-corrected chi connectivity index (χ4v) is 11.8. The van der Waals surface area contributed by atoms with Crippen molar-refractivity contribution in [3.05, 3.63) is 95.5 Å². The Kier molecular flexibility index (Phi) is 17.7. The number of halogens is 1. The van der Waals surface area contributed by atoms with Gasteiger partial charge in [0.25, 0.3) is 0 Å². The van der Waals surface area contributed by atoms with E-state index in [4.69, 9.17) is 14.2 Å². The summed E-state index contributed by atoms with van der Waals surface area (Å²) in [7, 11) is -4.02. The van der Waals surface area contributed by atoms with E-state index in [9.17, 15) is 17.7 Å². The molecule has 2 N–H and O–H groups in total. The highest BCUT2D eigenvalue weighted by Crippen LogP contribution is 2.34. The van der Waals surface area contributed by atoms with Gasteiger partial charge in [0.1, 0.15) is 34.2 Å². The molecule has 0 saturated carbocycles. The molecule has 3 heterocycles. The number of rotatable bonds is 19. The van der Waals surface area contributed by atoms with Gasteiger partial charge in [-0.25, -0.2) is 26.0 Å². The van der Waals surface area contributed by atoms with Gasteiger partial charge in [-0.05, 0) is 110 Å². The zero-order valence-corrected chi connectivity index (χ0v) is 40.0. The number of nitrogens with one attached hydrogen (secondary N) is 1. The highest BCUT2D eigenvalue weighted by Gasteiger charge is 2.39. The second-order valence-electron chi connectivity index (χ2n) is 17.9. The molecular weight excluding hydrogens is 906 g/mol. The Balaban J connectivity index is 1.25. The van der Waals surface area contributed by atoms with Crippen molar-refractivity contribution in [2.75, 3.05) is 19.6 Å². The maximum absolute atomic E-state index is 14.7. The molecule has 0 amide bonds. The summed E-state index contributed by atoms with van der Waals surface area (Å²) in [6.45, 7) is 16.4. The van der Waals surface area contributed by atoms with E-state index in [1.807, 2.05) is 106 Å². The summed E-state index contributed by atoms with van der Waals surface area (Å²) in [5.41, 5.74) is 2.14. The van der Waals surface area contributed by atoms with Crippen molar-refractivity contribution in [1.82, 2.24) is 13.3 Å². The number of hydrogen-bond donors (Lipinski definition) is 2. The topological polar surface area (TPSA) is 118 Å². The van der Waals surface area contributed by atoms with Crippen LogP contribution in [0.4, 0.5) is 0 Å². The molecule has 1 fully saturated rings. The number of aliphatic hydroxyl groups is 1. The molecule has 0 bridgehead atoms. The van der Waals surface area contributed by atoms with Crippen LogP contribution >= 0.6 is 22.6 Å². The molecule has 0 aliphatic carbocycles. The summed E-state index contributed by atoms with van der Waals surface area (Å²) in [6, 6.07) is 20.2. The van der Waals surface area contributed by atoms with Crippen molar-refractivity contribution in [3.8, 4) is 0 Å². The van der Waals surface area contributed by atoms with Crippen LogP contribution in [0.2, 0.25) is 0 Å². The van der Waals surface area contributed by atoms with Crippen molar-refractivity contribution < 1.29 is 31.9 Å². The molecule has 2 aromatic rings. The first-order valence-corrected chi connectivity index (χ1v) is 25.3. The van der Waals surface area contributed by atoms with Gasteiger partial charge in [-0.15, -0.1) is 0 Å². The number of aliphatic hydroxyl groups excluding tert-OH is 1. The molecule has 10 nitrogen and oxygen atoms in total. The molecule has 14 heteroatoms. The van der Waals surface area contributed by atoms with Crippen molar-refractivity contribution in [1.29, 1.82) is 0 Å². The number of hydrogen-bond acceptors (Lipinski definition) is 7. The second kappa shape index (κ2) is 21.5. The average molecular weight is 972 g/mol. The second-order valence-corrected chi connectivity index (χ2v) is 25.8. The number of ether oxygens (including phenoxy) is 3. The number of benzene rings is 2. The zero-order chi connectivity index (χ0) is 42.1. The molecule has 0 aromatic heterocycles. The van der Waals surface area contributed by atoms with E-state index < -0.39 is 48.7 Å². The number of nitrogens with zero attached hydrogens (tertiary/aromatic N) is 2. The summed E-state index contributed by atoms with van der Waals surface area (Å²) in [4.78, 5) is 0. The average Bonchev–Trinajstić information content (AvgIpc) is 3.17. The number of allylic oxidation sites excluding steroid dienone is 4. The molecule has 5 rings (SSSR count). The molecule has 8 unspecified atom stereocenters. The summed E-state index contributed by atoms with van der Waals surface area (Å²) in [6.07, 6.45) is 8.79. The third-order valence-electron chi connectivity index (χ3n) is 10.6. The Hall–Kier alpha value is -1.50. The summed E-state index contributed by atoms with van der Waals surface area (Å²) in [5, 5.41) is 10.5. The quantitative estimate of drug-likeness (QED) is 0.108. The van der Waals surface area contributed by atoms with Crippen LogP contribution in [0.5, 0.6) is 0 Å². The van der Waals surface area contributed by atoms with Gasteiger partial charge in [-0.2, -0.15) is 0 Å². The van der Waals surface area contributed by atoms with E-state index in [2.05, 4.69) is 51.6 Å². The van der Waals surface area contributed by atoms with Gasteiger partial charge < -0.3 is 19.3 Å². The van der Waals surface area contributed by atoms with Crippen LogP contribution in [0.1, 0.15) is 111 Å². The Bertz CT molecular complexity index is 1760. The highest BCUT2D eigenvalue weighted by molar-refractivity contribution is 14.1. The van der Waals surface area contributed by atoms with E-state index in [0.717, 1.165) is 61.2 Å². The molecule has 0 spiro atoms. The van der Waals surface area contributed by atoms with Gasteiger partial charge in [-0.3, -0.25) is 0 Å². The third-order valence-corrected chi connectivity index (χ3v) is 17.0. The van der Waals surface area contributed by atoms with E-state index in [-0.39, 0.29) is 27.0 Å². The molecule has 3 aliphatic heterocycles. The first-order chi connectivity index (χ1) is 27.4. The SMILES string of the molecule is CC(C)(C)S(=O)NCC1CCC=C(CC(C)(C)S(=O)N(Cc2ccccc2)CC2CCC=C(CC(C)(C)S(=O)N(Cc3ccccc3)CC3CCC(I)C(O)O3)O2)O1. The Labute approximate surface area is 369 Å². The first kappa shape index (κ1) is 47.5. The molecule has 8 atom stereocenters. The predicted octanol–water partition coefficient (Wildman–Crippen LogP) is 8.13. The summed E-state index contributed by atoms with van der Waals surface area (Å²) < 4.78 is 66.6. The standard InChI is InChI=1S/C44H66IN3O7S3/c1-42(2,3)56(50)46-28-37-22-14-20-35(53-37)26-43(4,5)57(51)47(29-33-16-10-8-11-17-33)31-38-23-15-21-36(54-38)27-44(6,7)58(52)48(30-34-18-12-9-13-19-34)32-39-24-25-40(45)41(49)55-39/h8-13,16-21,37-41,46,49H,14-15,22-32H2,1-7H3. The summed E-state index contributed by atoms with van der Waals surface area (Å²) >= 11 is 2.23. The van der Waals surface area contributed by atoms with E-state index in [1.165, 1.54) is 0 Å². The molecule has 324 valence electrons. The highest BCUT2D eigenvalue weighted by atomic mass is 127. The van der Waals surface area contributed by atoms with Crippen LogP contribution in [-0.2, 0) is 60.3 Å². The lowest BCUT2D eigenvalue weighted by Gasteiger charge is -2.38. The molecule has 2 aromatic carbocycles. The molecular formula is C44H66IN3O7S3. The van der Waals surface area contributed by atoms with E-state index in [1.54, 1.807) is 0 Å². The maximum atomic E-state index is 14.7. The normalized spacial score (nSPS) is 25.0. The smallest absolute Gasteiger partial charge is 0.166 e. The number of alkyl halides is 1. The van der Waals surface area contributed by atoms with Gasteiger partial charge in [-0.1, -0.05) is 83.3 Å². The van der Waals surface area contributed by atoms with Gasteiger partial charge >= 0.3 is 0 Å². The third kappa shape index (κ3) is 14.3. The molecule has 58 heavy (non-hydrogen) atoms. The van der Waals surface area contributed by atoms with Crippen LogP contribution < -0.4 is 4.72 Å². The van der Waals surface area contributed by atoms with Crippen molar-refractivity contribution >= 4 is 55.5 Å². The monoisotopic (exact) mass is 971 g/mol. The van der Waals surface area contributed by atoms with Crippen LogP contribution in [-0.4, -0.2) is 88.7 Å². The maximum Gasteiger partial charge on any atom is 0.166 e. The van der Waals surface area contributed by atoms with Crippen LogP contribution in [0.25, 0.3) is 0 Å². The lowest BCUT2D eigenvalue weighted by atomic mass is 10.0. The first-order valence-electron chi connectivity index (χ1n) is 20.7. The lowest BCUT2D eigenvalue weighted by molar-refractivity contribution is -0.157. The molecule has 3 aliphatic rings. The van der Waals surface area contributed by atoms with Crippen molar-refractivity contribution in [2.45, 2.75) is 156 Å². The minimum atomic E-state index is -1.42. The van der Waals surface area contributed by atoms with Crippen molar-refractivity contribution in [3.63, 3.8) is 0 Å². The van der Waals surface area contributed by atoms with E-state index in [0.29, 0.717) is 45.6 Å². The lowest BCUT2D eigenvalue weighted by Crippen LogP contribution is -2.47. The fourth-order valence-electron chi connectivity index (χ4n) is 7.43. The summed E-state index contributed by atoms with van der Waals surface area (Å²) in [5.74, 6) is 1.64. The largest absolute Gasteiger partial charge is 0.494 e. The van der Waals surface area contributed by atoms with Crippen LogP contribution in [0, 0.1) is 0 Å². The van der Waals surface area contributed by atoms with Crippen molar-refractivity contribution in [2.24, 2.45) is 0 Å². The minimum absolute atomic E-state index is 0.0471. The van der Waals surface area contributed by atoms with Gasteiger partial charge in [0.2, 0.25) is 0 Å². The Morgan fingerprint density at radius 3 is 1.64 bits per heavy atom. The Morgan fingerprint density at radius 2 is 1.16 bits per heavy atom. The molecule has 1 saturated heterocycles. The Morgan fingerprint density at radius 1 is 0.690 bits per heavy atom. The van der Waals surface area contributed by atoms with Gasteiger partial charge in [0.15, 0.2) is 6.29 Å². The van der Waals surface area contributed by atoms with Crippen LogP contribution in [0.15, 0.2) is 84.3 Å². The van der Waals surface area contributed by atoms with Gasteiger partial charge in [0.05, 0.1) is 46.8 Å². The fraction of sp³-hybridized carbons (Fsp3) is 0.636. The minimum Gasteiger partial charge on any atom is -0.494 e.